The van der Waals surface area contributed by atoms with Gasteiger partial charge in [-0.05, 0) is 44.9 Å². The van der Waals surface area contributed by atoms with Crippen molar-refractivity contribution in [2.45, 2.75) is 52.7 Å². The second-order valence-electron chi connectivity index (χ2n) is 6.44. The zero-order chi connectivity index (χ0) is 15.3. The molecular weight excluding hydrogens is 262 g/mol. The normalized spacial score (nSPS) is 12.2. The first-order valence-electron chi connectivity index (χ1n) is 7.77. The van der Waals surface area contributed by atoms with Crippen LogP contribution in [0.1, 0.15) is 39.7 Å². The van der Waals surface area contributed by atoms with Crippen molar-refractivity contribution in [3.63, 3.8) is 0 Å². The summed E-state index contributed by atoms with van der Waals surface area (Å²) >= 11 is 0. The smallest absolute Gasteiger partial charge is 0.140 e. The van der Waals surface area contributed by atoms with E-state index in [9.17, 15) is 0 Å². The minimum absolute atomic E-state index is 0.112. The lowest BCUT2D eigenvalue weighted by atomic mass is 10.1. The highest BCUT2D eigenvalue weighted by molar-refractivity contribution is 5.80. The molecular formula is C17H27N3O. The molecule has 4 nitrogen and oxygen atoms in total. The Morgan fingerprint density at radius 3 is 2.81 bits per heavy atom. The highest BCUT2D eigenvalue weighted by Crippen LogP contribution is 2.20. The van der Waals surface area contributed by atoms with Crippen molar-refractivity contribution < 1.29 is 4.74 Å². The van der Waals surface area contributed by atoms with E-state index in [0.29, 0.717) is 0 Å². The summed E-state index contributed by atoms with van der Waals surface area (Å²) in [6, 6.07) is 4.15. The number of hydrogen-bond donors (Lipinski definition) is 1. The summed E-state index contributed by atoms with van der Waals surface area (Å²) in [6.07, 6.45) is 5.11. The van der Waals surface area contributed by atoms with Gasteiger partial charge >= 0.3 is 0 Å². The van der Waals surface area contributed by atoms with Crippen LogP contribution in [0.25, 0.3) is 11.0 Å². The standard InChI is InChI=1S/C17H27N3O/c1-5-10-21-11-9-20-13-14(12-19-17(2,3)4)15-7-6-8-18-16(15)20/h6-8,13,19H,5,9-12H2,1-4H3. The Morgan fingerprint density at radius 2 is 2.10 bits per heavy atom. The molecule has 1 N–H and O–H groups in total. The first-order chi connectivity index (χ1) is 10.0. The van der Waals surface area contributed by atoms with E-state index in [2.05, 4.69) is 54.8 Å². The maximum absolute atomic E-state index is 5.59. The van der Waals surface area contributed by atoms with Crippen molar-refractivity contribution >= 4 is 11.0 Å². The quantitative estimate of drug-likeness (QED) is 0.795. The van der Waals surface area contributed by atoms with Gasteiger partial charge in [0.1, 0.15) is 5.65 Å². The van der Waals surface area contributed by atoms with E-state index >= 15 is 0 Å². The van der Waals surface area contributed by atoms with Gasteiger partial charge in [-0.25, -0.2) is 4.98 Å². The van der Waals surface area contributed by atoms with Crippen LogP contribution in [-0.4, -0.2) is 28.3 Å². The molecule has 0 saturated heterocycles. The maximum atomic E-state index is 5.59. The average molecular weight is 289 g/mol. The molecule has 0 unspecified atom stereocenters. The van der Waals surface area contributed by atoms with Gasteiger partial charge in [0, 0.05) is 43.0 Å². The fourth-order valence-corrected chi connectivity index (χ4v) is 2.28. The van der Waals surface area contributed by atoms with Crippen LogP contribution in [-0.2, 0) is 17.8 Å². The van der Waals surface area contributed by atoms with Gasteiger partial charge in [0.05, 0.1) is 6.61 Å². The highest BCUT2D eigenvalue weighted by Gasteiger charge is 2.13. The fraction of sp³-hybridized carbons (Fsp3) is 0.588. The van der Waals surface area contributed by atoms with Crippen molar-refractivity contribution in [2.75, 3.05) is 13.2 Å². The molecule has 0 spiro atoms. The number of hydrogen-bond acceptors (Lipinski definition) is 3. The van der Waals surface area contributed by atoms with Gasteiger partial charge in [0.15, 0.2) is 0 Å². The van der Waals surface area contributed by atoms with Crippen molar-refractivity contribution in [2.24, 2.45) is 0 Å². The SMILES string of the molecule is CCCOCCn1cc(CNC(C)(C)C)c2cccnc21. The lowest BCUT2D eigenvalue weighted by Crippen LogP contribution is -2.35. The van der Waals surface area contributed by atoms with Crippen LogP contribution in [0.15, 0.2) is 24.5 Å². The van der Waals surface area contributed by atoms with E-state index in [-0.39, 0.29) is 5.54 Å². The average Bonchev–Trinajstić information content (AvgIpc) is 2.79. The Morgan fingerprint density at radius 1 is 1.29 bits per heavy atom. The molecule has 4 heteroatoms. The first-order valence-corrected chi connectivity index (χ1v) is 7.77. The molecule has 0 aromatic carbocycles. The van der Waals surface area contributed by atoms with Crippen LogP contribution in [0.4, 0.5) is 0 Å². The fourth-order valence-electron chi connectivity index (χ4n) is 2.28. The lowest BCUT2D eigenvalue weighted by Gasteiger charge is -2.20. The molecule has 116 valence electrons. The Bertz CT molecular complexity index is 569. The summed E-state index contributed by atoms with van der Waals surface area (Å²) in [4.78, 5) is 4.52. The van der Waals surface area contributed by atoms with Crippen molar-refractivity contribution in [3.8, 4) is 0 Å². The van der Waals surface area contributed by atoms with Gasteiger partial charge in [-0.2, -0.15) is 0 Å². The van der Waals surface area contributed by atoms with Gasteiger partial charge < -0.3 is 14.6 Å². The van der Waals surface area contributed by atoms with E-state index in [1.54, 1.807) is 0 Å². The molecule has 0 aliphatic carbocycles. The molecule has 0 atom stereocenters. The van der Waals surface area contributed by atoms with Gasteiger partial charge in [-0.3, -0.25) is 0 Å². The van der Waals surface area contributed by atoms with Crippen LogP contribution in [0.3, 0.4) is 0 Å². The summed E-state index contributed by atoms with van der Waals surface area (Å²) in [5.41, 5.74) is 2.45. The molecule has 2 heterocycles. The summed E-state index contributed by atoms with van der Waals surface area (Å²) in [6.45, 7) is 11.9. The summed E-state index contributed by atoms with van der Waals surface area (Å²) in [5, 5.41) is 4.77. The van der Waals surface area contributed by atoms with E-state index in [1.165, 1.54) is 10.9 Å². The molecule has 2 aromatic rings. The summed E-state index contributed by atoms with van der Waals surface area (Å²) in [5.74, 6) is 0. The van der Waals surface area contributed by atoms with E-state index in [0.717, 1.165) is 38.4 Å². The third-order valence-electron chi connectivity index (χ3n) is 3.35. The number of aromatic nitrogens is 2. The van der Waals surface area contributed by atoms with E-state index in [1.807, 2.05) is 12.3 Å². The van der Waals surface area contributed by atoms with Gasteiger partial charge in [-0.15, -0.1) is 0 Å². The summed E-state index contributed by atoms with van der Waals surface area (Å²) < 4.78 is 7.79. The first kappa shape index (κ1) is 16.0. The van der Waals surface area contributed by atoms with Gasteiger partial charge in [-0.1, -0.05) is 6.92 Å². The van der Waals surface area contributed by atoms with Crippen LogP contribution in [0.2, 0.25) is 0 Å². The van der Waals surface area contributed by atoms with Gasteiger partial charge in [0.25, 0.3) is 0 Å². The molecule has 0 radical (unpaired) electrons. The predicted molar refractivity (Wildman–Crippen MR) is 87.4 cm³/mol. The summed E-state index contributed by atoms with van der Waals surface area (Å²) in [7, 11) is 0. The second-order valence-corrected chi connectivity index (χ2v) is 6.44. The third kappa shape index (κ3) is 4.55. The van der Waals surface area contributed by atoms with Crippen molar-refractivity contribution in [1.82, 2.24) is 14.9 Å². The van der Waals surface area contributed by atoms with Crippen molar-refractivity contribution in [3.05, 3.63) is 30.1 Å². The van der Waals surface area contributed by atoms with Crippen LogP contribution in [0.5, 0.6) is 0 Å². The predicted octanol–water partition coefficient (Wildman–Crippen LogP) is 3.35. The minimum atomic E-state index is 0.112. The molecule has 0 fully saturated rings. The Balaban J connectivity index is 2.14. The molecule has 2 rings (SSSR count). The van der Waals surface area contributed by atoms with Crippen LogP contribution < -0.4 is 5.32 Å². The Labute approximate surface area is 127 Å². The Hall–Kier alpha value is -1.39. The third-order valence-corrected chi connectivity index (χ3v) is 3.35. The maximum Gasteiger partial charge on any atom is 0.140 e. The topological polar surface area (TPSA) is 39.1 Å². The molecule has 2 aromatic heterocycles. The molecule has 0 amide bonds. The molecule has 0 aliphatic heterocycles. The molecule has 0 saturated carbocycles. The number of pyridine rings is 1. The number of rotatable bonds is 7. The molecule has 0 aliphatic rings. The van der Waals surface area contributed by atoms with E-state index < -0.39 is 0 Å². The second kappa shape index (κ2) is 7.05. The number of nitrogens with zero attached hydrogens (tertiary/aromatic N) is 2. The van der Waals surface area contributed by atoms with Crippen molar-refractivity contribution in [1.29, 1.82) is 0 Å². The monoisotopic (exact) mass is 289 g/mol. The Kier molecular flexibility index (Phi) is 5.37. The number of ether oxygens (including phenoxy) is 1. The largest absolute Gasteiger partial charge is 0.380 e. The number of fused-ring (bicyclic) bond motifs is 1. The number of nitrogens with one attached hydrogen (secondary N) is 1. The van der Waals surface area contributed by atoms with Crippen LogP contribution >= 0.6 is 0 Å². The minimum Gasteiger partial charge on any atom is -0.380 e. The lowest BCUT2D eigenvalue weighted by molar-refractivity contribution is 0.127. The van der Waals surface area contributed by atoms with Gasteiger partial charge in [0.2, 0.25) is 0 Å². The van der Waals surface area contributed by atoms with E-state index in [4.69, 9.17) is 4.74 Å². The zero-order valence-corrected chi connectivity index (χ0v) is 13.6. The van der Waals surface area contributed by atoms with Crippen LogP contribution in [0, 0.1) is 0 Å². The highest BCUT2D eigenvalue weighted by atomic mass is 16.5. The zero-order valence-electron chi connectivity index (χ0n) is 13.6. The molecule has 21 heavy (non-hydrogen) atoms. The molecule has 0 bridgehead atoms.